The van der Waals surface area contributed by atoms with Crippen molar-refractivity contribution in [2.24, 2.45) is 0 Å². The predicted octanol–water partition coefficient (Wildman–Crippen LogP) is 10.3. The van der Waals surface area contributed by atoms with Gasteiger partial charge in [0.05, 0.1) is 25.6 Å². The number of methoxy groups -OCH3 is 1. The van der Waals surface area contributed by atoms with E-state index in [0.29, 0.717) is 19.8 Å². The van der Waals surface area contributed by atoms with Crippen LogP contribution in [0.15, 0.2) is 0 Å². The van der Waals surface area contributed by atoms with E-state index in [1.54, 1.807) is 14.2 Å². The molecule has 10 heteroatoms. The van der Waals surface area contributed by atoms with Crippen LogP contribution in [0.25, 0.3) is 0 Å². The minimum absolute atomic E-state index is 0.193. The van der Waals surface area contributed by atoms with Crippen LogP contribution in [-0.2, 0) is 23.8 Å². The number of carbonyl (C=O) groups is 3. The Bertz CT molecular complexity index is 650. The molecule has 10 nitrogen and oxygen atoms in total. The molecule has 0 bridgehead atoms. The number of hydrogen-bond acceptors (Lipinski definition) is 6. The summed E-state index contributed by atoms with van der Waals surface area (Å²) >= 11 is 0. The van der Waals surface area contributed by atoms with Gasteiger partial charge in [-0.3, -0.25) is 9.59 Å². The summed E-state index contributed by atoms with van der Waals surface area (Å²) in [6, 6.07) is 0. The first kappa shape index (κ1) is 50.5. The maximum Gasteiger partial charge on any atom is 0.404 e. The van der Waals surface area contributed by atoms with Crippen LogP contribution in [-0.4, -0.2) is 80.0 Å². The van der Waals surface area contributed by atoms with Crippen LogP contribution < -0.4 is 5.32 Å². The summed E-state index contributed by atoms with van der Waals surface area (Å²) in [7, 11) is 3.25. The van der Waals surface area contributed by atoms with Crippen molar-refractivity contribution >= 4 is 18.0 Å². The van der Waals surface area contributed by atoms with Gasteiger partial charge in [-0.05, 0) is 12.8 Å². The number of rotatable bonds is 34. The summed E-state index contributed by atoms with van der Waals surface area (Å²) in [6.45, 7) is 6.73. The smallest absolute Gasteiger partial charge is 0.404 e. The number of carboxylic acid groups (broad SMARTS) is 3. The van der Waals surface area contributed by atoms with Crippen LogP contribution in [0, 0.1) is 0 Å². The summed E-state index contributed by atoms with van der Waals surface area (Å²) in [5, 5.41) is 27.2. The lowest BCUT2D eigenvalue weighted by molar-refractivity contribution is -0.143. The van der Waals surface area contributed by atoms with E-state index in [4.69, 9.17) is 24.8 Å². The molecule has 288 valence electrons. The highest BCUT2D eigenvalue weighted by molar-refractivity contribution is 5.75. The number of carboxylic acids is 2. The molecule has 0 heterocycles. The van der Waals surface area contributed by atoms with E-state index >= 15 is 0 Å². The molecule has 0 radical (unpaired) electrons. The van der Waals surface area contributed by atoms with Crippen LogP contribution in [0.4, 0.5) is 4.79 Å². The van der Waals surface area contributed by atoms with Crippen molar-refractivity contribution in [3.63, 3.8) is 0 Å². The topological polar surface area (TPSA) is 152 Å². The van der Waals surface area contributed by atoms with Gasteiger partial charge in [0, 0.05) is 34.0 Å². The highest BCUT2D eigenvalue weighted by Crippen LogP contribution is 2.13. The average Bonchev–Trinajstić information content (AvgIpc) is 3.05. The SMILES string of the molecule is CCCCCCCCCCCCCCOCC(CNC(=O)O)OCCCCCCCCCCCCCC.COC.O=C(O)CCC(=O)O. The molecule has 0 rings (SSSR count). The third-order valence-corrected chi connectivity index (χ3v) is 7.83. The van der Waals surface area contributed by atoms with Crippen molar-refractivity contribution in [3.8, 4) is 0 Å². The van der Waals surface area contributed by atoms with Crippen molar-refractivity contribution in [1.82, 2.24) is 5.32 Å². The first-order valence-corrected chi connectivity index (χ1v) is 19.2. The third-order valence-electron chi connectivity index (χ3n) is 7.83. The molecule has 1 amide bonds. The highest BCUT2D eigenvalue weighted by Gasteiger charge is 2.11. The molecule has 0 aliphatic rings. The minimum Gasteiger partial charge on any atom is -0.481 e. The molecule has 0 aromatic heterocycles. The molecule has 4 N–H and O–H groups in total. The van der Waals surface area contributed by atoms with Gasteiger partial charge in [0.2, 0.25) is 0 Å². The van der Waals surface area contributed by atoms with E-state index in [1.807, 2.05) is 0 Å². The van der Waals surface area contributed by atoms with E-state index in [1.165, 1.54) is 141 Å². The summed E-state index contributed by atoms with van der Waals surface area (Å²) < 4.78 is 16.0. The van der Waals surface area contributed by atoms with Crippen molar-refractivity contribution in [2.75, 3.05) is 40.6 Å². The molecule has 1 unspecified atom stereocenters. The van der Waals surface area contributed by atoms with Gasteiger partial charge in [0.1, 0.15) is 0 Å². The second-order valence-corrected chi connectivity index (χ2v) is 12.7. The Labute approximate surface area is 294 Å². The van der Waals surface area contributed by atoms with Crippen molar-refractivity contribution in [3.05, 3.63) is 0 Å². The molecule has 48 heavy (non-hydrogen) atoms. The van der Waals surface area contributed by atoms with E-state index in [-0.39, 0.29) is 18.9 Å². The summed E-state index contributed by atoms with van der Waals surface area (Å²) in [4.78, 5) is 30.2. The Morgan fingerprint density at radius 1 is 0.521 bits per heavy atom. The number of nitrogens with one attached hydrogen (secondary N) is 1. The van der Waals surface area contributed by atoms with Gasteiger partial charge in [-0.25, -0.2) is 4.79 Å². The van der Waals surface area contributed by atoms with E-state index < -0.39 is 18.0 Å². The largest absolute Gasteiger partial charge is 0.481 e. The zero-order valence-electron chi connectivity index (χ0n) is 31.6. The molecular weight excluding hydrogens is 614 g/mol. The van der Waals surface area contributed by atoms with Gasteiger partial charge >= 0.3 is 18.0 Å². The van der Waals surface area contributed by atoms with Gasteiger partial charge in [-0.1, -0.05) is 155 Å². The fourth-order valence-corrected chi connectivity index (χ4v) is 5.03. The molecule has 0 aliphatic carbocycles. The summed E-state index contributed by atoms with van der Waals surface area (Å²) in [6.07, 6.45) is 30.1. The minimum atomic E-state index is -1.08. The quantitative estimate of drug-likeness (QED) is 0.0483. The molecule has 0 fully saturated rings. The fraction of sp³-hybridized carbons (Fsp3) is 0.921. The lowest BCUT2D eigenvalue weighted by Gasteiger charge is -2.18. The molecule has 0 aromatic rings. The lowest BCUT2D eigenvalue weighted by atomic mass is 10.1. The maximum atomic E-state index is 10.9. The first-order valence-electron chi connectivity index (χ1n) is 19.2. The average molecular weight is 692 g/mol. The normalized spacial score (nSPS) is 11.2. The van der Waals surface area contributed by atoms with Gasteiger partial charge in [-0.2, -0.15) is 0 Å². The second-order valence-electron chi connectivity index (χ2n) is 12.7. The highest BCUT2D eigenvalue weighted by atomic mass is 16.5. The monoisotopic (exact) mass is 692 g/mol. The van der Waals surface area contributed by atoms with Crippen LogP contribution in [0.5, 0.6) is 0 Å². The molecule has 0 aromatic carbocycles. The predicted molar refractivity (Wildman–Crippen MR) is 196 cm³/mol. The van der Waals surface area contributed by atoms with Gasteiger partial charge < -0.3 is 34.8 Å². The number of ether oxygens (including phenoxy) is 3. The van der Waals surface area contributed by atoms with Crippen LogP contribution in [0.2, 0.25) is 0 Å². The summed E-state index contributed by atoms with van der Waals surface area (Å²) in [5.74, 6) is -2.15. The number of unbranched alkanes of at least 4 members (excludes halogenated alkanes) is 22. The Morgan fingerprint density at radius 2 is 0.833 bits per heavy atom. The Kier molecular flexibility index (Phi) is 47.4. The first-order chi connectivity index (χ1) is 23.2. The van der Waals surface area contributed by atoms with Crippen LogP contribution >= 0.6 is 0 Å². The van der Waals surface area contributed by atoms with Gasteiger partial charge in [0.15, 0.2) is 0 Å². The van der Waals surface area contributed by atoms with Crippen LogP contribution in [0.1, 0.15) is 181 Å². The maximum absolute atomic E-state index is 10.9. The lowest BCUT2D eigenvalue weighted by Crippen LogP contribution is -2.36. The van der Waals surface area contributed by atoms with Crippen molar-refractivity contribution in [2.45, 2.75) is 187 Å². The molecular formula is C38H77NO9. The Morgan fingerprint density at radius 3 is 1.15 bits per heavy atom. The van der Waals surface area contributed by atoms with Crippen LogP contribution in [0.3, 0.4) is 0 Å². The zero-order valence-corrected chi connectivity index (χ0v) is 31.6. The molecule has 0 aliphatic heterocycles. The molecule has 0 spiro atoms. The van der Waals surface area contributed by atoms with E-state index in [9.17, 15) is 14.4 Å². The zero-order chi connectivity index (χ0) is 36.4. The second kappa shape index (κ2) is 45.1. The molecule has 0 saturated heterocycles. The summed E-state index contributed by atoms with van der Waals surface area (Å²) in [5.41, 5.74) is 0. The number of aliphatic carboxylic acids is 2. The number of hydrogen-bond donors (Lipinski definition) is 4. The van der Waals surface area contributed by atoms with E-state index in [0.717, 1.165) is 19.4 Å². The fourth-order valence-electron chi connectivity index (χ4n) is 5.03. The molecule has 1 atom stereocenters. The van der Waals surface area contributed by atoms with Gasteiger partial charge in [0.25, 0.3) is 0 Å². The van der Waals surface area contributed by atoms with Gasteiger partial charge in [-0.15, -0.1) is 0 Å². The van der Waals surface area contributed by atoms with Crippen molar-refractivity contribution in [1.29, 1.82) is 0 Å². The standard InChI is InChI=1S/C32H65NO4.C4H6O4.C2H6O/c1-3-5-7-9-11-13-15-17-19-21-23-25-27-36-30-31(29-33-32(34)35)37-28-26-24-22-20-18-16-14-12-10-8-6-4-2;5-3(6)1-2-4(7)8;1-3-2/h31,33H,3-30H2,1-2H3,(H,34,35);1-2H2,(H,5,6)(H,7,8);1-2H3. The third kappa shape index (κ3) is 53.6. The number of amides is 1. The van der Waals surface area contributed by atoms with Crippen molar-refractivity contribution < 1.29 is 43.9 Å². The Hall–Kier alpha value is -1.91. The Balaban J connectivity index is -0.00000157. The molecule has 0 saturated carbocycles. The van der Waals surface area contributed by atoms with E-state index in [2.05, 4.69) is 23.9 Å².